The van der Waals surface area contributed by atoms with E-state index in [2.05, 4.69) is 0 Å². The van der Waals surface area contributed by atoms with Crippen LogP contribution in [0, 0.1) is 5.92 Å². The number of carbonyl (C=O) groups is 2. The van der Waals surface area contributed by atoms with Crippen LogP contribution in [0.4, 0.5) is 0 Å². The van der Waals surface area contributed by atoms with Crippen LogP contribution in [-0.4, -0.2) is 45.6 Å². The summed E-state index contributed by atoms with van der Waals surface area (Å²) < 4.78 is 0. The number of hydroxylamine groups is 2. The van der Waals surface area contributed by atoms with E-state index in [0.29, 0.717) is 19.4 Å². The van der Waals surface area contributed by atoms with Gasteiger partial charge in [0, 0.05) is 25.6 Å². The van der Waals surface area contributed by atoms with Gasteiger partial charge in [-0.3, -0.25) is 14.4 Å². The second kappa shape index (κ2) is 8.54. The molecule has 2 aliphatic heterocycles. The molecule has 3 atom stereocenters. The molecule has 0 radical (unpaired) electrons. The molecular weight excluding hydrogens is 390 g/mol. The molecule has 0 aromatic heterocycles. The van der Waals surface area contributed by atoms with Crippen molar-refractivity contribution in [2.75, 3.05) is 7.05 Å². The summed E-state index contributed by atoms with van der Waals surface area (Å²) in [7, 11) is 1.87. The molecule has 0 unspecified atom stereocenters. The van der Waals surface area contributed by atoms with Gasteiger partial charge in [-0.1, -0.05) is 67.6 Å². The molecule has 0 saturated carbocycles. The highest BCUT2D eigenvalue weighted by atomic mass is 16.7. The number of hydrogen-bond donors (Lipinski definition) is 0. The number of carbonyl (C=O) groups excluding carboxylic acids is 2. The average Bonchev–Trinajstić information content (AvgIpc) is 3.21. The number of nitrogens with zero attached hydrogens (tertiary/aromatic N) is 3. The van der Waals surface area contributed by atoms with Crippen molar-refractivity contribution in [3.63, 3.8) is 0 Å². The molecule has 6 heteroatoms. The predicted molar refractivity (Wildman–Crippen MR) is 118 cm³/mol. The third kappa shape index (κ3) is 4.03. The number of hydrazine groups is 1. The van der Waals surface area contributed by atoms with Gasteiger partial charge in [0.15, 0.2) is 0 Å². The zero-order chi connectivity index (χ0) is 22.2. The van der Waals surface area contributed by atoms with Gasteiger partial charge in [0.25, 0.3) is 5.91 Å². The van der Waals surface area contributed by atoms with Gasteiger partial charge < -0.3 is 0 Å². The Morgan fingerprint density at radius 2 is 1.68 bits per heavy atom. The van der Waals surface area contributed by atoms with Crippen molar-refractivity contribution >= 4 is 11.8 Å². The topological polar surface area (TPSA) is 53.1 Å². The van der Waals surface area contributed by atoms with Gasteiger partial charge in [0.1, 0.15) is 0 Å². The summed E-state index contributed by atoms with van der Waals surface area (Å²) in [6.45, 7) is 6.56. The minimum Gasteiger partial charge on any atom is -0.294 e. The average molecular weight is 422 g/mol. The minimum absolute atomic E-state index is 0.151. The van der Waals surface area contributed by atoms with E-state index in [-0.39, 0.29) is 24.0 Å². The molecule has 2 aromatic rings. The Bertz CT molecular complexity index is 932. The maximum Gasteiger partial charge on any atom is 0.251 e. The molecule has 2 aromatic carbocycles. The van der Waals surface area contributed by atoms with Crippen molar-refractivity contribution in [1.82, 2.24) is 15.1 Å². The third-order valence-corrected chi connectivity index (χ3v) is 6.41. The second-order valence-corrected chi connectivity index (χ2v) is 9.06. The van der Waals surface area contributed by atoms with Crippen molar-refractivity contribution in [3.05, 3.63) is 71.8 Å². The Morgan fingerprint density at radius 3 is 2.29 bits per heavy atom. The molecule has 0 bridgehead atoms. The van der Waals surface area contributed by atoms with Crippen molar-refractivity contribution in [3.8, 4) is 0 Å². The van der Waals surface area contributed by atoms with E-state index in [1.54, 1.807) is 5.06 Å². The summed E-state index contributed by atoms with van der Waals surface area (Å²) in [5.74, 6) is -0.799. The molecule has 2 amide bonds. The van der Waals surface area contributed by atoms with Crippen LogP contribution in [0.1, 0.15) is 50.8 Å². The van der Waals surface area contributed by atoms with Gasteiger partial charge >= 0.3 is 0 Å². The van der Waals surface area contributed by atoms with Gasteiger partial charge in [-0.25, -0.2) is 10.0 Å². The molecule has 0 spiro atoms. The summed E-state index contributed by atoms with van der Waals surface area (Å²) in [6.07, 6.45) is 0.716. The first kappa shape index (κ1) is 21.7. The Kier molecular flexibility index (Phi) is 5.97. The summed E-state index contributed by atoms with van der Waals surface area (Å²) in [6, 6.07) is 19.7. The number of rotatable bonds is 5. The van der Waals surface area contributed by atoms with Crippen molar-refractivity contribution < 1.29 is 14.4 Å². The van der Waals surface area contributed by atoms with E-state index in [1.807, 2.05) is 93.5 Å². The highest BCUT2D eigenvalue weighted by Crippen LogP contribution is 2.43. The predicted octanol–water partition coefficient (Wildman–Crippen LogP) is 3.95. The van der Waals surface area contributed by atoms with Gasteiger partial charge in [-0.15, -0.1) is 0 Å². The fraction of sp³-hybridized carbons (Fsp3) is 0.440. The van der Waals surface area contributed by atoms with E-state index < -0.39 is 11.5 Å². The van der Waals surface area contributed by atoms with E-state index in [1.165, 1.54) is 5.01 Å². The van der Waals surface area contributed by atoms with Crippen LogP contribution in [-0.2, 0) is 21.0 Å². The normalized spacial score (nSPS) is 26.5. The number of amides is 2. The van der Waals surface area contributed by atoms with Gasteiger partial charge in [-0.05, 0) is 31.4 Å². The lowest BCUT2D eigenvalue weighted by molar-refractivity contribution is -0.166. The van der Waals surface area contributed by atoms with Crippen LogP contribution in [0.2, 0.25) is 0 Å². The molecule has 31 heavy (non-hydrogen) atoms. The molecule has 2 aliphatic rings. The Balaban J connectivity index is 1.69. The van der Waals surface area contributed by atoms with Crippen LogP contribution >= 0.6 is 0 Å². The first-order chi connectivity index (χ1) is 14.8. The first-order valence-electron chi connectivity index (χ1n) is 11.0. The Labute approximate surface area is 184 Å². The fourth-order valence-corrected chi connectivity index (χ4v) is 4.83. The van der Waals surface area contributed by atoms with E-state index in [0.717, 1.165) is 11.1 Å². The maximum atomic E-state index is 14.0. The molecule has 2 saturated heterocycles. The maximum absolute atomic E-state index is 14.0. The summed E-state index contributed by atoms with van der Waals surface area (Å²) in [4.78, 5) is 33.2. The Hall–Kier alpha value is -2.54. The monoisotopic (exact) mass is 421 g/mol. The third-order valence-electron chi connectivity index (χ3n) is 6.41. The lowest BCUT2D eigenvalue weighted by Crippen LogP contribution is -2.52. The first-order valence-corrected chi connectivity index (χ1v) is 11.0. The lowest BCUT2D eigenvalue weighted by atomic mass is 9.87. The van der Waals surface area contributed by atoms with Gasteiger partial charge in [-0.2, -0.15) is 5.06 Å². The quantitative estimate of drug-likeness (QED) is 0.684. The molecule has 2 fully saturated rings. The summed E-state index contributed by atoms with van der Waals surface area (Å²) >= 11 is 0. The number of imide groups is 1. The SMILES string of the molecule is CC[C@@H]1ON(C)[C@@H](c2ccccc2)[C@H]1C(=O)N1C(=O)CC(C)(C)N1Cc1ccccc1. The summed E-state index contributed by atoms with van der Waals surface area (Å²) in [5.41, 5.74) is 1.63. The fourth-order valence-electron chi connectivity index (χ4n) is 4.83. The van der Waals surface area contributed by atoms with Gasteiger partial charge in [0.2, 0.25) is 5.91 Å². The lowest BCUT2D eigenvalue weighted by Gasteiger charge is -2.37. The molecular formula is C25H31N3O3. The van der Waals surface area contributed by atoms with Crippen LogP contribution in [0.3, 0.4) is 0 Å². The minimum atomic E-state index is -0.464. The molecule has 0 aliphatic carbocycles. The van der Waals surface area contributed by atoms with Crippen molar-refractivity contribution in [2.24, 2.45) is 5.92 Å². The zero-order valence-corrected chi connectivity index (χ0v) is 18.7. The molecule has 164 valence electrons. The second-order valence-electron chi connectivity index (χ2n) is 9.06. The largest absolute Gasteiger partial charge is 0.294 e. The van der Waals surface area contributed by atoms with Crippen LogP contribution < -0.4 is 0 Å². The molecule has 4 rings (SSSR count). The van der Waals surface area contributed by atoms with Crippen molar-refractivity contribution in [2.45, 2.75) is 57.8 Å². The van der Waals surface area contributed by atoms with Crippen LogP contribution in [0.25, 0.3) is 0 Å². The Morgan fingerprint density at radius 1 is 1.06 bits per heavy atom. The van der Waals surface area contributed by atoms with Gasteiger partial charge in [0.05, 0.1) is 18.1 Å². The van der Waals surface area contributed by atoms with Crippen LogP contribution in [0.15, 0.2) is 60.7 Å². The highest BCUT2D eigenvalue weighted by molar-refractivity contribution is 5.98. The van der Waals surface area contributed by atoms with Crippen molar-refractivity contribution in [1.29, 1.82) is 0 Å². The number of benzene rings is 2. The van der Waals surface area contributed by atoms with E-state index >= 15 is 0 Å². The smallest absolute Gasteiger partial charge is 0.251 e. The molecule has 6 nitrogen and oxygen atoms in total. The standard InChI is InChI=1S/C25H31N3O3/c1-5-20-22(23(26(4)31-20)19-14-10-7-11-15-19)24(30)28-21(29)16-25(2,3)27(28)17-18-12-8-6-9-13-18/h6-15,20,22-23H,5,16-17H2,1-4H3/t20-,22-,23-/m0/s1. The summed E-state index contributed by atoms with van der Waals surface area (Å²) in [5, 5.41) is 5.11. The van der Waals surface area contributed by atoms with E-state index in [9.17, 15) is 9.59 Å². The highest BCUT2D eigenvalue weighted by Gasteiger charge is 2.53. The van der Waals surface area contributed by atoms with Crippen LogP contribution in [0.5, 0.6) is 0 Å². The zero-order valence-electron chi connectivity index (χ0n) is 18.7. The van der Waals surface area contributed by atoms with E-state index in [4.69, 9.17) is 4.84 Å². The molecule has 2 heterocycles. The number of hydrogen-bond acceptors (Lipinski definition) is 5. The molecule has 0 N–H and O–H groups in total.